The highest BCUT2D eigenvalue weighted by molar-refractivity contribution is 7.22. The summed E-state index contributed by atoms with van der Waals surface area (Å²) in [5, 5.41) is 22.4. The van der Waals surface area contributed by atoms with Gasteiger partial charge in [-0.25, -0.2) is 14.6 Å². The van der Waals surface area contributed by atoms with E-state index in [1.807, 2.05) is 24.3 Å². The molecule has 2 amide bonds. The molecule has 8 nitrogen and oxygen atoms in total. The van der Waals surface area contributed by atoms with Crippen molar-refractivity contribution in [2.75, 3.05) is 31.5 Å². The van der Waals surface area contributed by atoms with Gasteiger partial charge in [0.1, 0.15) is 0 Å². The number of carboxylic acid groups (broad SMARTS) is 2. The van der Waals surface area contributed by atoms with Crippen LogP contribution in [0.4, 0.5) is 14.7 Å². The first-order valence-electron chi connectivity index (χ1n) is 7.61. The fraction of sp³-hybridized carbons (Fsp3) is 0.400. The molecule has 1 saturated heterocycles. The lowest BCUT2D eigenvalue weighted by Crippen LogP contribution is -2.56. The van der Waals surface area contributed by atoms with E-state index in [9.17, 15) is 14.7 Å². The van der Waals surface area contributed by atoms with E-state index >= 15 is 0 Å². The van der Waals surface area contributed by atoms with Crippen molar-refractivity contribution in [3.05, 3.63) is 24.3 Å². The number of nitrogens with zero attached hydrogens (tertiary/aromatic N) is 3. The summed E-state index contributed by atoms with van der Waals surface area (Å²) in [4.78, 5) is 29.5. The maximum Gasteiger partial charge on any atom is 0.407 e. The third-order valence-corrected chi connectivity index (χ3v) is 5.04. The molecule has 3 N–H and O–H groups in total. The number of nitrogens with one attached hydrogen (secondary N) is 1. The molecule has 1 fully saturated rings. The van der Waals surface area contributed by atoms with Crippen molar-refractivity contribution < 1.29 is 19.8 Å². The van der Waals surface area contributed by atoms with Gasteiger partial charge in [0.15, 0.2) is 5.13 Å². The molecule has 9 heteroatoms. The average molecular weight is 350 g/mol. The van der Waals surface area contributed by atoms with Crippen LogP contribution in [0.5, 0.6) is 0 Å². The summed E-state index contributed by atoms with van der Waals surface area (Å²) in [5.74, 6) is 0. The SMILES string of the molecule is O=C(O)N1CCN(C(=O)O)[C@H](CCNc2nc3ccccc3s2)C1. The third-order valence-electron chi connectivity index (χ3n) is 4.05. The maximum absolute atomic E-state index is 11.3. The van der Waals surface area contributed by atoms with Gasteiger partial charge >= 0.3 is 12.2 Å². The molecule has 0 spiro atoms. The number of hydrogen-bond acceptors (Lipinski definition) is 5. The Hall–Kier alpha value is -2.55. The zero-order valence-corrected chi connectivity index (χ0v) is 13.7. The van der Waals surface area contributed by atoms with Crippen molar-refractivity contribution in [3.63, 3.8) is 0 Å². The van der Waals surface area contributed by atoms with E-state index in [2.05, 4.69) is 10.3 Å². The van der Waals surface area contributed by atoms with Crippen molar-refractivity contribution in [1.82, 2.24) is 14.8 Å². The summed E-state index contributed by atoms with van der Waals surface area (Å²) in [7, 11) is 0. The molecule has 1 aliphatic heterocycles. The van der Waals surface area contributed by atoms with E-state index in [4.69, 9.17) is 5.11 Å². The van der Waals surface area contributed by atoms with Crippen LogP contribution in [0.15, 0.2) is 24.3 Å². The van der Waals surface area contributed by atoms with E-state index in [1.165, 1.54) is 21.1 Å². The molecule has 1 aliphatic rings. The number of amides is 2. The Morgan fingerprint density at radius 3 is 2.75 bits per heavy atom. The quantitative estimate of drug-likeness (QED) is 0.782. The molecule has 128 valence electrons. The molecule has 0 radical (unpaired) electrons. The molecular weight excluding hydrogens is 332 g/mol. The number of fused-ring (bicyclic) bond motifs is 1. The van der Waals surface area contributed by atoms with Crippen LogP contribution in [0, 0.1) is 0 Å². The molecule has 1 aromatic carbocycles. The van der Waals surface area contributed by atoms with Gasteiger partial charge in [-0.15, -0.1) is 0 Å². The Balaban J connectivity index is 1.60. The minimum Gasteiger partial charge on any atom is -0.465 e. The van der Waals surface area contributed by atoms with E-state index in [1.54, 1.807) is 0 Å². The molecule has 0 aliphatic carbocycles. The van der Waals surface area contributed by atoms with E-state index in [0.717, 1.165) is 15.3 Å². The monoisotopic (exact) mass is 350 g/mol. The second-order valence-corrected chi connectivity index (χ2v) is 6.59. The lowest BCUT2D eigenvalue weighted by atomic mass is 10.1. The van der Waals surface area contributed by atoms with Crippen molar-refractivity contribution in [2.24, 2.45) is 0 Å². The Bertz CT molecular complexity index is 717. The Morgan fingerprint density at radius 2 is 2.04 bits per heavy atom. The molecule has 2 heterocycles. The number of piperazine rings is 1. The van der Waals surface area contributed by atoms with E-state index < -0.39 is 12.2 Å². The smallest absolute Gasteiger partial charge is 0.407 e. The van der Waals surface area contributed by atoms with Gasteiger partial charge in [0.05, 0.1) is 16.3 Å². The standard InChI is InChI=1S/C15H18N4O4S/c20-14(21)18-7-8-19(15(22)23)10(9-18)5-6-16-13-17-11-3-1-2-4-12(11)24-13/h1-4,10H,5-9H2,(H,16,17)(H,20,21)(H,22,23)/t10-/m1/s1. The highest BCUT2D eigenvalue weighted by atomic mass is 32.1. The van der Waals surface area contributed by atoms with Gasteiger partial charge in [-0.2, -0.15) is 0 Å². The molecule has 2 aromatic rings. The topological polar surface area (TPSA) is 106 Å². The Kier molecular flexibility index (Phi) is 4.70. The second kappa shape index (κ2) is 6.91. The number of anilines is 1. The summed E-state index contributed by atoms with van der Waals surface area (Å²) >= 11 is 1.54. The lowest BCUT2D eigenvalue weighted by molar-refractivity contribution is 0.0622. The average Bonchev–Trinajstić information content (AvgIpc) is 2.97. The zero-order valence-electron chi connectivity index (χ0n) is 12.9. The van der Waals surface area contributed by atoms with E-state index in [-0.39, 0.29) is 25.7 Å². The zero-order chi connectivity index (χ0) is 17.1. The van der Waals surface area contributed by atoms with Crippen LogP contribution in [-0.4, -0.2) is 69.4 Å². The minimum atomic E-state index is -1.01. The first kappa shape index (κ1) is 16.3. The Labute approximate surface area is 142 Å². The van der Waals surface area contributed by atoms with Crippen LogP contribution in [-0.2, 0) is 0 Å². The molecule has 0 bridgehead atoms. The van der Waals surface area contributed by atoms with Gasteiger partial charge in [0, 0.05) is 26.2 Å². The number of thiazole rings is 1. The number of aromatic nitrogens is 1. The van der Waals surface area contributed by atoms with Crippen molar-refractivity contribution >= 4 is 38.9 Å². The number of para-hydroxylation sites is 1. The van der Waals surface area contributed by atoms with Gasteiger partial charge in [-0.05, 0) is 18.6 Å². The predicted molar refractivity (Wildman–Crippen MR) is 90.8 cm³/mol. The maximum atomic E-state index is 11.3. The molecule has 1 atom stereocenters. The minimum absolute atomic E-state index is 0.198. The molecule has 24 heavy (non-hydrogen) atoms. The van der Waals surface area contributed by atoms with Crippen LogP contribution < -0.4 is 5.32 Å². The normalized spacial score (nSPS) is 17.9. The van der Waals surface area contributed by atoms with Gasteiger partial charge < -0.3 is 25.3 Å². The van der Waals surface area contributed by atoms with Crippen LogP contribution in [0.1, 0.15) is 6.42 Å². The van der Waals surface area contributed by atoms with Crippen LogP contribution in [0.3, 0.4) is 0 Å². The fourth-order valence-electron chi connectivity index (χ4n) is 2.82. The highest BCUT2D eigenvalue weighted by Gasteiger charge is 2.31. The number of hydrogen-bond donors (Lipinski definition) is 3. The molecule has 3 rings (SSSR count). The summed E-state index contributed by atoms with van der Waals surface area (Å²) in [6.07, 6.45) is -1.50. The molecule has 0 unspecified atom stereocenters. The lowest BCUT2D eigenvalue weighted by Gasteiger charge is -2.38. The first-order valence-corrected chi connectivity index (χ1v) is 8.43. The second-order valence-electron chi connectivity index (χ2n) is 5.56. The van der Waals surface area contributed by atoms with E-state index in [0.29, 0.717) is 13.0 Å². The fourth-order valence-corrected chi connectivity index (χ4v) is 3.71. The summed E-state index contributed by atoms with van der Waals surface area (Å²) in [6.45, 7) is 1.14. The van der Waals surface area contributed by atoms with Crippen LogP contribution in [0.25, 0.3) is 10.2 Å². The van der Waals surface area contributed by atoms with Gasteiger partial charge in [-0.1, -0.05) is 23.5 Å². The van der Waals surface area contributed by atoms with Gasteiger partial charge in [0.25, 0.3) is 0 Å². The van der Waals surface area contributed by atoms with Crippen LogP contribution in [0.2, 0.25) is 0 Å². The molecule has 1 aromatic heterocycles. The molecular formula is C15H18N4O4S. The van der Waals surface area contributed by atoms with Crippen LogP contribution >= 0.6 is 11.3 Å². The van der Waals surface area contributed by atoms with Crippen molar-refractivity contribution in [2.45, 2.75) is 12.5 Å². The largest absolute Gasteiger partial charge is 0.465 e. The third kappa shape index (κ3) is 3.51. The van der Waals surface area contributed by atoms with Crippen molar-refractivity contribution in [1.29, 1.82) is 0 Å². The summed E-state index contributed by atoms with van der Waals surface area (Å²) < 4.78 is 1.09. The van der Waals surface area contributed by atoms with Gasteiger partial charge in [-0.3, -0.25) is 0 Å². The summed E-state index contributed by atoms with van der Waals surface area (Å²) in [5.41, 5.74) is 0.923. The first-order chi connectivity index (χ1) is 11.5. The number of rotatable bonds is 4. The highest BCUT2D eigenvalue weighted by Crippen LogP contribution is 2.25. The number of benzene rings is 1. The summed E-state index contributed by atoms with van der Waals surface area (Å²) in [6, 6.07) is 7.47. The predicted octanol–water partition coefficient (Wildman–Crippen LogP) is 2.44. The van der Waals surface area contributed by atoms with Gasteiger partial charge in [0.2, 0.25) is 0 Å². The number of carbonyl (C=O) groups is 2. The molecule has 0 saturated carbocycles. The Morgan fingerprint density at radius 1 is 1.25 bits per heavy atom. The van der Waals surface area contributed by atoms with Crippen molar-refractivity contribution in [3.8, 4) is 0 Å².